The van der Waals surface area contributed by atoms with Gasteiger partial charge in [-0.2, -0.15) is 0 Å². The Bertz CT molecular complexity index is 112. The van der Waals surface area contributed by atoms with Gasteiger partial charge in [0.05, 0.1) is 0 Å². The van der Waals surface area contributed by atoms with E-state index in [9.17, 15) is 14.4 Å². The molecule has 4 nitrogen and oxygen atoms in total. The molecule has 0 aliphatic rings. The number of rotatable bonds is 0. The number of ketones is 3. The van der Waals surface area contributed by atoms with Crippen LogP contribution in [0.5, 0.6) is 0 Å². The van der Waals surface area contributed by atoms with Crippen LogP contribution in [0.2, 0.25) is 0 Å². The fourth-order valence-corrected chi connectivity index (χ4v) is 0. The second-order valence-corrected chi connectivity index (χ2v) is 2.72. The van der Waals surface area contributed by atoms with E-state index in [0.717, 1.165) is 0 Å². The highest BCUT2D eigenvalue weighted by Crippen LogP contribution is 1.51. The van der Waals surface area contributed by atoms with Crippen molar-refractivity contribution < 1.29 is 14.4 Å². The van der Waals surface area contributed by atoms with Gasteiger partial charge in [-0.15, -0.1) is 0 Å². The van der Waals surface area contributed by atoms with Gasteiger partial charge in [-0.25, -0.2) is 0 Å². The van der Waals surface area contributed by atoms with Crippen molar-refractivity contribution in [2.45, 2.75) is 41.5 Å². The molecule has 0 aliphatic carbocycles. The van der Waals surface area contributed by atoms with Crippen molar-refractivity contribution in [2.75, 3.05) is 0 Å². The van der Waals surface area contributed by atoms with Crippen molar-refractivity contribution in [3.05, 3.63) is 0 Å². The number of hydrogen-bond acceptors (Lipinski definition) is 4. The summed E-state index contributed by atoms with van der Waals surface area (Å²) in [6.45, 7) is 9.17. The van der Waals surface area contributed by atoms with Crippen LogP contribution in [-0.4, -0.2) is 17.3 Å². The molecular weight excluding hydrogens is 170 g/mol. The molecular formula is C9H21NO3. The van der Waals surface area contributed by atoms with E-state index in [1.807, 2.05) is 0 Å². The van der Waals surface area contributed by atoms with E-state index in [1.54, 1.807) is 0 Å². The Kier molecular flexibility index (Phi) is 29.9. The van der Waals surface area contributed by atoms with Gasteiger partial charge in [0.25, 0.3) is 0 Å². The van der Waals surface area contributed by atoms with Gasteiger partial charge in [-0.3, -0.25) is 0 Å². The Hall–Kier alpha value is -1.03. The minimum Gasteiger partial charge on any atom is -0.344 e. The van der Waals surface area contributed by atoms with Crippen LogP contribution in [0.15, 0.2) is 0 Å². The van der Waals surface area contributed by atoms with Crippen LogP contribution in [0.1, 0.15) is 41.5 Å². The molecule has 0 saturated carbocycles. The average molecular weight is 191 g/mol. The first-order valence-corrected chi connectivity index (χ1v) is 3.61. The van der Waals surface area contributed by atoms with Crippen LogP contribution in [0.25, 0.3) is 0 Å². The van der Waals surface area contributed by atoms with Crippen LogP contribution >= 0.6 is 0 Å². The minimum absolute atomic E-state index is 0. The van der Waals surface area contributed by atoms with Crippen LogP contribution in [-0.2, 0) is 14.4 Å². The molecule has 0 aliphatic heterocycles. The van der Waals surface area contributed by atoms with E-state index >= 15 is 0 Å². The van der Waals surface area contributed by atoms with Crippen molar-refractivity contribution in [3.63, 3.8) is 0 Å². The van der Waals surface area contributed by atoms with E-state index in [1.165, 1.54) is 41.5 Å². The Morgan fingerprint density at radius 1 is 0.538 bits per heavy atom. The highest BCUT2D eigenvalue weighted by Gasteiger charge is 1.63. The van der Waals surface area contributed by atoms with Gasteiger partial charge in [0.2, 0.25) is 0 Å². The van der Waals surface area contributed by atoms with E-state index in [0.29, 0.717) is 0 Å². The summed E-state index contributed by atoms with van der Waals surface area (Å²) >= 11 is 0. The molecule has 0 aromatic rings. The van der Waals surface area contributed by atoms with E-state index in [2.05, 4.69) is 0 Å². The summed E-state index contributed by atoms with van der Waals surface area (Å²) in [4.78, 5) is 28.3. The van der Waals surface area contributed by atoms with Crippen LogP contribution < -0.4 is 6.15 Å². The van der Waals surface area contributed by atoms with Crippen LogP contribution in [0.3, 0.4) is 0 Å². The number of hydrogen-bond donors (Lipinski definition) is 1. The lowest BCUT2D eigenvalue weighted by atomic mass is 10.6. The SMILES string of the molecule is CC(C)=O.CC(C)=O.CC(C)=O.N. The van der Waals surface area contributed by atoms with Crippen molar-refractivity contribution >= 4 is 17.3 Å². The highest BCUT2D eigenvalue weighted by molar-refractivity contribution is 5.72. The summed E-state index contributed by atoms with van der Waals surface area (Å²) in [7, 11) is 0. The van der Waals surface area contributed by atoms with Crippen molar-refractivity contribution in [2.24, 2.45) is 0 Å². The lowest BCUT2D eigenvalue weighted by Crippen LogP contribution is -1.69. The molecule has 0 rings (SSSR count). The third kappa shape index (κ3) is 832. The lowest BCUT2D eigenvalue weighted by Gasteiger charge is -1.56. The quantitative estimate of drug-likeness (QED) is 0.634. The molecule has 13 heavy (non-hydrogen) atoms. The highest BCUT2D eigenvalue weighted by atomic mass is 16.1. The fraction of sp³-hybridized carbons (Fsp3) is 0.667. The molecule has 0 heterocycles. The van der Waals surface area contributed by atoms with Gasteiger partial charge >= 0.3 is 0 Å². The zero-order valence-electron chi connectivity index (χ0n) is 9.43. The zero-order valence-corrected chi connectivity index (χ0v) is 9.43. The molecule has 0 unspecified atom stereocenters. The van der Waals surface area contributed by atoms with Crippen molar-refractivity contribution in [1.82, 2.24) is 6.15 Å². The normalized spacial score (nSPS) is 6.00. The molecule has 0 fully saturated rings. The Labute approximate surface area is 80.3 Å². The molecule has 0 aromatic heterocycles. The van der Waals surface area contributed by atoms with Crippen LogP contribution in [0, 0.1) is 0 Å². The third-order valence-corrected chi connectivity index (χ3v) is 0. The Balaban J connectivity index is -0.0000000450. The van der Waals surface area contributed by atoms with Gasteiger partial charge in [-0.1, -0.05) is 0 Å². The summed E-state index contributed by atoms with van der Waals surface area (Å²) in [6, 6.07) is 0. The first-order chi connectivity index (χ1) is 5.20. The van der Waals surface area contributed by atoms with Gasteiger partial charge < -0.3 is 20.5 Å². The molecule has 0 spiro atoms. The third-order valence-electron chi connectivity index (χ3n) is 0. The molecule has 0 aromatic carbocycles. The van der Waals surface area contributed by atoms with Crippen molar-refractivity contribution in [3.8, 4) is 0 Å². The summed E-state index contributed by atoms with van der Waals surface area (Å²) in [6.07, 6.45) is 0. The Morgan fingerprint density at radius 2 is 0.538 bits per heavy atom. The average Bonchev–Trinajstić information content (AvgIpc) is 1.54. The summed E-state index contributed by atoms with van der Waals surface area (Å²) in [5.41, 5.74) is 0. The Morgan fingerprint density at radius 3 is 0.538 bits per heavy atom. The maximum absolute atomic E-state index is 9.44. The predicted octanol–water partition coefficient (Wildman–Crippen LogP) is 1.95. The van der Waals surface area contributed by atoms with Gasteiger partial charge in [0, 0.05) is 0 Å². The van der Waals surface area contributed by atoms with E-state index < -0.39 is 0 Å². The summed E-state index contributed by atoms with van der Waals surface area (Å²) in [5.74, 6) is 0.500. The second-order valence-electron chi connectivity index (χ2n) is 2.72. The first-order valence-electron chi connectivity index (χ1n) is 3.61. The van der Waals surface area contributed by atoms with E-state index in [-0.39, 0.29) is 23.5 Å². The molecule has 0 radical (unpaired) electrons. The predicted molar refractivity (Wildman–Crippen MR) is 54.1 cm³/mol. The van der Waals surface area contributed by atoms with Gasteiger partial charge in [-0.05, 0) is 41.5 Å². The maximum Gasteiger partial charge on any atom is 0.126 e. The minimum atomic E-state index is 0. The smallest absolute Gasteiger partial charge is 0.126 e. The molecule has 80 valence electrons. The van der Waals surface area contributed by atoms with Gasteiger partial charge in [0.1, 0.15) is 17.3 Å². The lowest BCUT2D eigenvalue weighted by molar-refractivity contribution is -0.115. The molecule has 0 bridgehead atoms. The summed E-state index contributed by atoms with van der Waals surface area (Å²) < 4.78 is 0. The van der Waals surface area contributed by atoms with Crippen LogP contribution in [0.4, 0.5) is 0 Å². The van der Waals surface area contributed by atoms with Crippen molar-refractivity contribution in [1.29, 1.82) is 0 Å². The monoisotopic (exact) mass is 191 g/mol. The largest absolute Gasteiger partial charge is 0.344 e. The molecule has 0 saturated heterocycles. The van der Waals surface area contributed by atoms with Gasteiger partial charge in [0.15, 0.2) is 0 Å². The zero-order chi connectivity index (χ0) is 10.7. The molecule has 4 heteroatoms. The summed E-state index contributed by atoms with van der Waals surface area (Å²) in [5, 5.41) is 0. The number of carbonyl (C=O) groups excluding carboxylic acids is 3. The maximum atomic E-state index is 9.44. The van der Waals surface area contributed by atoms with E-state index in [4.69, 9.17) is 0 Å². The second kappa shape index (κ2) is 17.2. The standard InChI is InChI=1S/3C3H6O.H3N/c3*1-3(2)4;/h3*1-2H3;1H3. The molecule has 3 N–H and O–H groups in total. The molecule has 0 atom stereocenters. The number of carbonyl (C=O) groups is 3. The molecule has 0 amide bonds. The topological polar surface area (TPSA) is 86.2 Å². The fourth-order valence-electron chi connectivity index (χ4n) is 0. The first kappa shape index (κ1) is 22.7. The number of Topliss-reactive ketones (excluding diaryl/α,β-unsaturated/α-hetero) is 3.